The highest BCUT2D eigenvalue weighted by atomic mass is 32.2. The van der Waals surface area contributed by atoms with Crippen molar-refractivity contribution in [1.82, 2.24) is 4.57 Å². The summed E-state index contributed by atoms with van der Waals surface area (Å²) in [5.41, 5.74) is 3.99. The number of sulfone groups is 1. The standard InChI is InChI=1S/C26H26N2O4S/c1-18-7-6-8-20(13-18)17-33(30,31)25-15-28(23-10-5-4-9-21(23)25)16-26(29)27-22-14-19(2)11-12-24(22)32-3/h4-15H,16-17H2,1-3H3,(H,27,29). The van der Waals surface area contributed by atoms with Gasteiger partial charge in [-0.25, -0.2) is 8.42 Å². The Kier molecular flexibility index (Phi) is 6.24. The summed E-state index contributed by atoms with van der Waals surface area (Å²) in [6, 6.07) is 20.2. The lowest BCUT2D eigenvalue weighted by Gasteiger charge is -2.12. The minimum Gasteiger partial charge on any atom is -0.495 e. The van der Waals surface area contributed by atoms with Crippen molar-refractivity contribution in [3.63, 3.8) is 0 Å². The third-order valence-corrected chi connectivity index (χ3v) is 7.18. The zero-order valence-corrected chi connectivity index (χ0v) is 19.6. The van der Waals surface area contributed by atoms with Gasteiger partial charge in [0.1, 0.15) is 12.3 Å². The summed E-state index contributed by atoms with van der Waals surface area (Å²) in [5.74, 6) is 0.185. The molecule has 0 bridgehead atoms. The molecule has 0 spiro atoms. The lowest BCUT2D eigenvalue weighted by Crippen LogP contribution is -2.18. The van der Waals surface area contributed by atoms with E-state index in [0.29, 0.717) is 22.3 Å². The van der Waals surface area contributed by atoms with Crippen molar-refractivity contribution in [2.24, 2.45) is 0 Å². The first-order valence-electron chi connectivity index (χ1n) is 10.6. The minimum atomic E-state index is -3.62. The number of aryl methyl sites for hydroxylation is 2. The fourth-order valence-corrected chi connectivity index (χ4v) is 5.52. The van der Waals surface area contributed by atoms with E-state index in [2.05, 4.69) is 5.32 Å². The van der Waals surface area contributed by atoms with E-state index in [-0.39, 0.29) is 23.1 Å². The second-order valence-corrected chi connectivity index (χ2v) is 10.1. The van der Waals surface area contributed by atoms with Crippen LogP contribution in [-0.4, -0.2) is 26.0 Å². The predicted molar refractivity (Wildman–Crippen MR) is 130 cm³/mol. The molecule has 33 heavy (non-hydrogen) atoms. The monoisotopic (exact) mass is 462 g/mol. The van der Waals surface area contributed by atoms with Crippen molar-refractivity contribution < 1.29 is 17.9 Å². The number of para-hydroxylation sites is 1. The molecule has 4 rings (SSSR count). The van der Waals surface area contributed by atoms with Gasteiger partial charge in [-0.2, -0.15) is 0 Å². The van der Waals surface area contributed by atoms with Crippen molar-refractivity contribution in [1.29, 1.82) is 0 Å². The summed E-state index contributed by atoms with van der Waals surface area (Å²) in [6.45, 7) is 3.83. The molecule has 1 heterocycles. The Bertz CT molecular complexity index is 1440. The molecule has 1 N–H and O–H groups in total. The quantitative estimate of drug-likeness (QED) is 0.425. The molecule has 1 aromatic heterocycles. The molecule has 0 unspecified atom stereocenters. The molecular weight excluding hydrogens is 436 g/mol. The number of hydrogen-bond acceptors (Lipinski definition) is 4. The van der Waals surface area contributed by atoms with Gasteiger partial charge >= 0.3 is 0 Å². The van der Waals surface area contributed by atoms with E-state index < -0.39 is 9.84 Å². The Morgan fingerprint density at radius 1 is 0.970 bits per heavy atom. The summed E-state index contributed by atoms with van der Waals surface area (Å²) in [4.78, 5) is 13.1. The summed E-state index contributed by atoms with van der Waals surface area (Å²) in [5, 5.41) is 3.48. The van der Waals surface area contributed by atoms with Gasteiger partial charge in [0, 0.05) is 17.1 Å². The van der Waals surface area contributed by atoms with Crippen LogP contribution in [0.4, 0.5) is 5.69 Å². The lowest BCUT2D eigenvalue weighted by atomic mass is 10.2. The minimum absolute atomic E-state index is 0.0302. The number of hydrogen-bond donors (Lipinski definition) is 1. The van der Waals surface area contributed by atoms with Crippen LogP contribution in [0, 0.1) is 13.8 Å². The summed E-state index contributed by atoms with van der Waals surface area (Å²) in [7, 11) is -2.07. The average molecular weight is 463 g/mol. The van der Waals surface area contributed by atoms with Crippen LogP contribution in [-0.2, 0) is 26.9 Å². The van der Waals surface area contributed by atoms with Crippen LogP contribution in [0.1, 0.15) is 16.7 Å². The normalized spacial score (nSPS) is 11.5. The largest absolute Gasteiger partial charge is 0.495 e. The van der Waals surface area contributed by atoms with Gasteiger partial charge in [-0.05, 0) is 43.2 Å². The number of fused-ring (bicyclic) bond motifs is 1. The SMILES string of the molecule is COc1ccc(C)cc1NC(=O)Cn1cc(S(=O)(=O)Cc2cccc(C)c2)c2ccccc21. The molecule has 0 saturated heterocycles. The molecule has 0 atom stereocenters. The van der Waals surface area contributed by atoms with Crippen LogP contribution >= 0.6 is 0 Å². The number of benzene rings is 3. The molecule has 0 aliphatic rings. The van der Waals surface area contributed by atoms with E-state index in [1.807, 2.05) is 62.4 Å². The summed E-state index contributed by atoms with van der Waals surface area (Å²) >= 11 is 0. The maximum atomic E-state index is 13.3. The van der Waals surface area contributed by atoms with E-state index in [1.165, 1.54) is 0 Å². The molecule has 0 aliphatic heterocycles. The van der Waals surface area contributed by atoms with Gasteiger partial charge in [0.25, 0.3) is 0 Å². The number of carbonyl (C=O) groups excluding carboxylic acids is 1. The lowest BCUT2D eigenvalue weighted by molar-refractivity contribution is -0.116. The first kappa shape index (κ1) is 22.6. The number of anilines is 1. The Morgan fingerprint density at radius 2 is 1.73 bits per heavy atom. The Balaban J connectivity index is 1.65. The van der Waals surface area contributed by atoms with Gasteiger partial charge in [0.15, 0.2) is 9.84 Å². The van der Waals surface area contributed by atoms with Crippen molar-refractivity contribution in [3.05, 3.63) is 89.6 Å². The highest BCUT2D eigenvalue weighted by Crippen LogP contribution is 2.29. The first-order chi connectivity index (χ1) is 15.8. The van der Waals surface area contributed by atoms with Crippen molar-refractivity contribution >= 4 is 32.3 Å². The first-order valence-corrected chi connectivity index (χ1v) is 12.2. The molecule has 0 radical (unpaired) electrons. The number of amides is 1. The Labute approximate surface area is 193 Å². The summed E-state index contributed by atoms with van der Waals surface area (Å²) < 4.78 is 33.6. The molecule has 4 aromatic rings. The fraction of sp³-hybridized carbons (Fsp3) is 0.192. The van der Waals surface area contributed by atoms with Crippen LogP contribution < -0.4 is 10.1 Å². The van der Waals surface area contributed by atoms with Crippen LogP contribution in [0.2, 0.25) is 0 Å². The molecule has 170 valence electrons. The number of carbonyl (C=O) groups is 1. The van der Waals surface area contributed by atoms with Crippen LogP contribution in [0.15, 0.2) is 77.8 Å². The van der Waals surface area contributed by atoms with Gasteiger partial charge < -0.3 is 14.6 Å². The Hall–Kier alpha value is -3.58. The van der Waals surface area contributed by atoms with Crippen LogP contribution in [0.5, 0.6) is 5.75 Å². The third-order valence-electron chi connectivity index (χ3n) is 5.47. The van der Waals surface area contributed by atoms with E-state index in [0.717, 1.165) is 16.7 Å². The number of rotatable bonds is 7. The van der Waals surface area contributed by atoms with Gasteiger partial charge in [-0.15, -0.1) is 0 Å². The van der Waals surface area contributed by atoms with Gasteiger partial charge in [-0.1, -0.05) is 54.1 Å². The Morgan fingerprint density at radius 3 is 2.48 bits per heavy atom. The highest BCUT2D eigenvalue weighted by molar-refractivity contribution is 7.90. The summed E-state index contributed by atoms with van der Waals surface area (Å²) in [6.07, 6.45) is 1.56. The molecule has 6 nitrogen and oxygen atoms in total. The molecular formula is C26H26N2O4S. The fourth-order valence-electron chi connectivity index (χ4n) is 3.95. The number of methoxy groups -OCH3 is 1. The van der Waals surface area contributed by atoms with Crippen LogP contribution in [0.25, 0.3) is 10.9 Å². The van der Waals surface area contributed by atoms with Gasteiger partial charge in [0.05, 0.1) is 23.4 Å². The molecule has 7 heteroatoms. The zero-order chi connectivity index (χ0) is 23.6. The highest BCUT2D eigenvalue weighted by Gasteiger charge is 2.22. The number of ether oxygens (including phenoxy) is 1. The van der Waals surface area contributed by atoms with Crippen molar-refractivity contribution in [2.75, 3.05) is 12.4 Å². The van der Waals surface area contributed by atoms with Gasteiger partial charge in [0.2, 0.25) is 5.91 Å². The van der Waals surface area contributed by atoms with E-state index in [4.69, 9.17) is 4.74 Å². The number of nitrogens with one attached hydrogen (secondary N) is 1. The van der Waals surface area contributed by atoms with E-state index in [9.17, 15) is 13.2 Å². The zero-order valence-electron chi connectivity index (χ0n) is 18.8. The topological polar surface area (TPSA) is 77.4 Å². The maximum absolute atomic E-state index is 13.3. The molecule has 0 aliphatic carbocycles. The van der Waals surface area contributed by atoms with E-state index >= 15 is 0 Å². The maximum Gasteiger partial charge on any atom is 0.244 e. The molecule has 0 saturated carbocycles. The van der Waals surface area contributed by atoms with Crippen molar-refractivity contribution in [3.8, 4) is 5.75 Å². The molecule has 0 fully saturated rings. The second-order valence-electron chi connectivity index (χ2n) is 8.14. The number of nitrogens with zero attached hydrogens (tertiary/aromatic N) is 1. The number of aromatic nitrogens is 1. The van der Waals surface area contributed by atoms with Crippen molar-refractivity contribution in [2.45, 2.75) is 31.0 Å². The van der Waals surface area contributed by atoms with Crippen LogP contribution in [0.3, 0.4) is 0 Å². The third kappa shape index (κ3) is 4.93. The van der Waals surface area contributed by atoms with E-state index in [1.54, 1.807) is 36.1 Å². The average Bonchev–Trinajstić information content (AvgIpc) is 3.13. The molecule has 3 aromatic carbocycles. The molecule has 1 amide bonds. The predicted octanol–water partition coefficient (Wildman–Crippen LogP) is 4.88. The smallest absolute Gasteiger partial charge is 0.244 e. The van der Waals surface area contributed by atoms with Gasteiger partial charge in [-0.3, -0.25) is 4.79 Å². The second kappa shape index (κ2) is 9.11.